The second-order valence-corrected chi connectivity index (χ2v) is 5.18. The molecule has 1 fully saturated rings. The molecule has 1 saturated heterocycles. The molecule has 11 heteroatoms. The van der Waals surface area contributed by atoms with Gasteiger partial charge in [0.1, 0.15) is 0 Å². The summed E-state index contributed by atoms with van der Waals surface area (Å²) in [5.74, 6) is -3.96. The average Bonchev–Trinajstić information content (AvgIpc) is 2.56. The van der Waals surface area contributed by atoms with Gasteiger partial charge in [0.05, 0.1) is 6.42 Å². The summed E-state index contributed by atoms with van der Waals surface area (Å²) < 4.78 is 40.2. The molecule has 8 nitrogen and oxygen atoms in total. The van der Waals surface area contributed by atoms with E-state index in [0.717, 1.165) is 18.8 Å². The Labute approximate surface area is 140 Å². The minimum absolute atomic E-state index is 0.0813. The third kappa shape index (κ3) is 5.10. The van der Waals surface area contributed by atoms with Gasteiger partial charge in [-0.2, -0.15) is 13.2 Å². The van der Waals surface area contributed by atoms with E-state index in [1.54, 1.807) is 6.07 Å². The van der Waals surface area contributed by atoms with Crippen molar-refractivity contribution in [2.24, 2.45) is 5.11 Å². The predicted molar refractivity (Wildman–Crippen MR) is 81.2 cm³/mol. The molecular formula is C14H14F3N5O3. The fourth-order valence-corrected chi connectivity index (χ4v) is 2.33. The summed E-state index contributed by atoms with van der Waals surface area (Å²) in [4.78, 5) is 27.0. The number of benzene rings is 1. The molecule has 25 heavy (non-hydrogen) atoms. The third-order valence-electron chi connectivity index (χ3n) is 3.47. The number of ether oxygens (including phenoxy) is 1. The van der Waals surface area contributed by atoms with Crippen LogP contribution in [0.1, 0.15) is 5.56 Å². The summed E-state index contributed by atoms with van der Waals surface area (Å²) in [6.07, 6.45) is -5.89. The number of piperazine rings is 1. The van der Waals surface area contributed by atoms with Crippen LogP contribution in [0.2, 0.25) is 0 Å². The molecule has 1 heterocycles. The van der Waals surface area contributed by atoms with E-state index in [1.807, 2.05) is 4.90 Å². The standard InChI is InChI=1S/C14H14F3N5O3/c15-14(16,17)13(24)25-12(23)8-9-7-10(1-2-11(9)20-21-18)22-5-3-19-4-6-22/h1-2,7,19H,3-6,8H2. The maximum Gasteiger partial charge on any atom is 0.491 e. The van der Waals surface area contributed by atoms with E-state index >= 15 is 0 Å². The molecule has 134 valence electrons. The Balaban J connectivity index is 2.19. The molecule has 1 N–H and O–H groups in total. The van der Waals surface area contributed by atoms with Crippen molar-refractivity contribution in [1.82, 2.24) is 5.32 Å². The van der Waals surface area contributed by atoms with Crippen LogP contribution in [0.15, 0.2) is 23.3 Å². The summed E-state index contributed by atoms with van der Waals surface area (Å²) in [5, 5.41) is 6.58. The van der Waals surface area contributed by atoms with Crippen LogP contribution in [-0.2, 0) is 20.7 Å². The maximum absolute atomic E-state index is 12.1. The number of alkyl halides is 3. The number of halogens is 3. The Bertz CT molecular complexity index is 710. The zero-order chi connectivity index (χ0) is 18.4. The van der Waals surface area contributed by atoms with Crippen LogP contribution in [0.3, 0.4) is 0 Å². The average molecular weight is 357 g/mol. The molecule has 2 rings (SSSR count). The van der Waals surface area contributed by atoms with Crippen LogP contribution in [0.4, 0.5) is 24.5 Å². The first-order valence-electron chi connectivity index (χ1n) is 7.27. The molecule has 0 unspecified atom stereocenters. The lowest BCUT2D eigenvalue weighted by molar-refractivity contribution is -0.201. The molecule has 0 amide bonds. The van der Waals surface area contributed by atoms with Gasteiger partial charge in [-0.3, -0.25) is 4.79 Å². The van der Waals surface area contributed by atoms with Crippen LogP contribution in [0.25, 0.3) is 10.4 Å². The van der Waals surface area contributed by atoms with Crippen molar-refractivity contribution < 1.29 is 27.5 Å². The van der Waals surface area contributed by atoms with E-state index < -0.39 is 24.5 Å². The molecule has 1 aromatic carbocycles. The van der Waals surface area contributed by atoms with Crippen molar-refractivity contribution in [3.05, 3.63) is 34.2 Å². The molecule has 0 atom stereocenters. The van der Waals surface area contributed by atoms with E-state index in [9.17, 15) is 22.8 Å². The Kier molecular flexibility index (Phi) is 5.84. The number of carbonyl (C=O) groups is 2. The number of anilines is 1. The second-order valence-electron chi connectivity index (χ2n) is 5.18. The van der Waals surface area contributed by atoms with Gasteiger partial charge in [0.25, 0.3) is 0 Å². The second kappa shape index (κ2) is 7.86. The van der Waals surface area contributed by atoms with Crippen LogP contribution >= 0.6 is 0 Å². The van der Waals surface area contributed by atoms with E-state index in [1.165, 1.54) is 12.1 Å². The number of azide groups is 1. The highest BCUT2D eigenvalue weighted by molar-refractivity contribution is 5.90. The van der Waals surface area contributed by atoms with Gasteiger partial charge in [-0.15, -0.1) is 0 Å². The Morgan fingerprint density at radius 2 is 2.00 bits per heavy atom. The Hall–Kier alpha value is -2.78. The van der Waals surface area contributed by atoms with Gasteiger partial charge in [0, 0.05) is 42.5 Å². The van der Waals surface area contributed by atoms with Crippen LogP contribution in [-0.4, -0.2) is 44.3 Å². The zero-order valence-corrected chi connectivity index (χ0v) is 12.9. The maximum atomic E-state index is 12.1. The van der Waals surface area contributed by atoms with Crippen molar-refractivity contribution >= 4 is 23.3 Å². The van der Waals surface area contributed by atoms with Gasteiger partial charge in [0.15, 0.2) is 0 Å². The Morgan fingerprint density at radius 3 is 2.60 bits per heavy atom. The normalized spacial score (nSPS) is 14.6. The van der Waals surface area contributed by atoms with Gasteiger partial charge < -0.3 is 15.0 Å². The van der Waals surface area contributed by atoms with Gasteiger partial charge in [0.2, 0.25) is 0 Å². The van der Waals surface area contributed by atoms with Crippen molar-refractivity contribution in [2.75, 3.05) is 31.1 Å². The van der Waals surface area contributed by atoms with Gasteiger partial charge in [-0.05, 0) is 23.2 Å². The SMILES string of the molecule is [N-]=[N+]=Nc1ccc(N2CCNCC2)cc1CC(=O)OC(=O)C(F)(F)F. The van der Waals surface area contributed by atoms with Gasteiger partial charge in [-0.25, -0.2) is 4.79 Å². The van der Waals surface area contributed by atoms with Crippen molar-refractivity contribution in [1.29, 1.82) is 0 Å². The molecule has 0 aliphatic carbocycles. The van der Waals surface area contributed by atoms with E-state index in [4.69, 9.17) is 5.53 Å². The number of hydrogen-bond acceptors (Lipinski definition) is 6. The fraction of sp³-hybridized carbons (Fsp3) is 0.429. The first-order chi connectivity index (χ1) is 11.8. The number of esters is 2. The molecular weight excluding hydrogens is 343 g/mol. The van der Waals surface area contributed by atoms with Gasteiger partial charge >= 0.3 is 18.1 Å². The Morgan fingerprint density at radius 1 is 1.32 bits per heavy atom. The minimum atomic E-state index is -5.26. The number of rotatable bonds is 4. The first kappa shape index (κ1) is 18.6. The summed E-state index contributed by atoms with van der Waals surface area (Å²) in [7, 11) is 0. The lowest BCUT2D eigenvalue weighted by Gasteiger charge is -2.30. The fourth-order valence-electron chi connectivity index (χ4n) is 2.33. The molecule has 0 saturated carbocycles. The molecule has 1 aliphatic heterocycles. The number of nitrogens with one attached hydrogen (secondary N) is 1. The highest BCUT2D eigenvalue weighted by atomic mass is 19.4. The third-order valence-corrected chi connectivity index (χ3v) is 3.47. The highest BCUT2D eigenvalue weighted by Crippen LogP contribution is 2.27. The minimum Gasteiger partial charge on any atom is -0.386 e. The van der Waals surface area contributed by atoms with E-state index in [-0.39, 0.29) is 11.3 Å². The summed E-state index contributed by atoms with van der Waals surface area (Å²) >= 11 is 0. The monoisotopic (exact) mass is 357 g/mol. The zero-order valence-electron chi connectivity index (χ0n) is 12.9. The first-order valence-corrected chi connectivity index (χ1v) is 7.27. The number of carbonyl (C=O) groups excluding carboxylic acids is 2. The van der Waals surface area contributed by atoms with Crippen molar-refractivity contribution in [3.63, 3.8) is 0 Å². The van der Waals surface area contributed by atoms with E-state index in [0.29, 0.717) is 13.1 Å². The number of nitrogens with zero attached hydrogens (tertiary/aromatic N) is 4. The molecule has 1 aromatic rings. The van der Waals surface area contributed by atoms with Crippen LogP contribution < -0.4 is 10.2 Å². The molecule has 1 aliphatic rings. The summed E-state index contributed by atoms with van der Waals surface area (Å²) in [6.45, 7) is 2.93. The predicted octanol–water partition coefficient (Wildman–Crippen LogP) is 2.21. The topological polar surface area (TPSA) is 107 Å². The summed E-state index contributed by atoms with van der Waals surface area (Å²) in [6, 6.07) is 4.69. The largest absolute Gasteiger partial charge is 0.491 e. The number of hydrogen-bond donors (Lipinski definition) is 1. The van der Waals surface area contributed by atoms with Crippen molar-refractivity contribution in [2.45, 2.75) is 12.6 Å². The highest BCUT2D eigenvalue weighted by Gasteiger charge is 2.42. The van der Waals surface area contributed by atoms with Crippen molar-refractivity contribution in [3.8, 4) is 0 Å². The summed E-state index contributed by atoms with van der Waals surface area (Å²) in [5.41, 5.74) is 9.55. The quantitative estimate of drug-likeness (QED) is 0.292. The van der Waals surface area contributed by atoms with Gasteiger partial charge in [-0.1, -0.05) is 11.2 Å². The molecule has 0 radical (unpaired) electrons. The van der Waals surface area contributed by atoms with Crippen LogP contribution in [0, 0.1) is 0 Å². The lowest BCUT2D eigenvalue weighted by atomic mass is 10.1. The van der Waals surface area contributed by atoms with E-state index in [2.05, 4.69) is 20.1 Å². The van der Waals surface area contributed by atoms with Crippen LogP contribution in [0.5, 0.6) is 0 Å². The molecule has 0 spiro atoms. The lowest BCUT2D eigenvalue weighted by Crippen LogP contribution is -2.43. The molecule has 0 bridgehead atoms. The molecule has 0 aromatic heterocycles. The smallest absolute Gasteiger partial charge is 0.386 e.